The average molecular weight is 286 g/mol. The summed E-state index contributed by atoms with van der Waals surface area (Å²) in [5.41, 5.74) is 6.84. The standard InChI is InChI=1S/C16H15FN2O2/c1-2-19-15(13-9-11(17)5-8-14(13)18)16(21)10-3-6-12(20)7-4-10/h3-9,20H,2,18H2,1H3. The first kappa shape index (κ1) is 14.7. The van der Waals surface area contributed by atoms with Crippen LogP contribution in [0.15, 0.2) is 47.5 Å². The van der Waals surface area contributed by atoms with Gasteiger partial charge in [-0.2, -0.15) is 0 Å². The Morgan fingerprint density at radius 2 is 1.90 bits per heavy atom. The van der Waals surface area contributed by atoms with Crippen molar-refractivity contribution in [2.24, 2.45) is 4.99 Å². The van der Waals surface area contributed by atoms with Gasteiger partial charge >= 0.3 is 0 Å². The zero-order valence-corrected chi connectivity index (χ0v) is 11.5. The Morgan fingerprint density at radius 1 is 1.24 bits per heavy atom. The van der Waals surface area contributed by atoms with Crippen molar-refractivity contribution in [1.82, 2.24) is 0 Å². The van der Waals surface area contributed by atoms with E-state index in [0.717, 1.165) is 0 Å². The number of carbonyl (C=O) groups is 1. The molecule has 2 aromatic carbocycles. The molecule has 2 aromatic rings. The molecule has 0 bridgehead atoms. The lowest BCUT2D eigenvalue weighted by Gasteiger charge is -2.09. The number of Topliss-reactive ketones (excluding diaryl/α,β-unsaturated/α-hetero) is 1. The maximum atomic E-state index is 13.4. The van der Waals surface area contributed by atoms with Crippen molar-refractivity contribution < 1.29 is 14.3 Å². The van der Waals surface area contributed by atoms with Gasteiger partial charge in [0.1, 0.15) is 17.3 Å². The molecule has 0 saturated carbocycles. The molecule has 4 nitrogen and oxygen atoms in total. The Morgan fingerprint density at radius 3 is 2.52 bits per heavy atom. The van der Waals surface area contributed by atoms with Crippen LogP contribution in [0.2, 0.25) is 0 Å². The van der Waals surface area contributed by atoms with Crippen molar-refractivity contribution in [2.75, 3.05) is 12.3 Å². The van der Waals surface area contributed by atoms with E-state index in [4.69, 9.17) is 5.73 Å². The molecular weight excluding hydrogens is 271 g/mol. The van der Waals surface area contributed by atoms with Gasteiger partial charge in [0.15, 0.2) is 0 Å². The summed E-state index contributed by atoms with van der Waals surface area (Å²) in [6, 6.07) is 9.61. The quantitative estimate of drug-likeness (QED) is 0.515. The fraction of sp³-hybridized carbons (Fsp3) is 0.125. The highest BCUT2D eigenvalue weighted by atomic mass is 19.1. The van der Waals surface area contributed by atoms with Gasteiger partial charge < -0.3 is 10.8 Å². The molecule has 2 rings (SSSR count). The van der Waals surface area contributed by atoms with Gasteiger partial charge in [-0.25, -0.2) is 4.39 Å². The Hall–Kier alpha value is -2.69. The monoisotopic (exact) mass is 286 g/mol. The fourth-order valence-corrected chi connectivity index (χ4v) is 1.92. The number of nitrogen functional groups attached to an aromatic ring is 1. The van der Waals surface area contributed by atoms with Crippen LogP contribution in [-0.2, 0) is 0 Å². The van der Waals surface area contributed by atoms with Crippen molar-refractivity contribution >= 4 is 17.2 Å². The number of phenols is 1. The molecule has 5 heteroatoms. The Kier molecular flexibility index (Phi) is 4.33. The first-order chi connectivity index (χ1) is 10.0. The van der Waals surface area contributed by atoms with Gasteiger partial charge in [0.2, 0.25) is 5.78 Å². The first-order valence-corrected chi connectivity index (χ1v) is 6.46. The molecule has 108 valence electrons. The van der Waals surface area contributed by atoms with Crippen LogP contribution in [0, 0.1) is 5.82 Å². The smallest absolute Gasteiger partial charge is 0.211 e. The number of nitrogens with two attached hydrogens (primary N) is 1. The molecule has 3 N–H and O–H groups in total. The summed E-state index contributed by atoms with van der Waals surface area (Å²) in [4.78, 5) is 16.7. The van der Waals surface area contributed by atoms with E-state index in [9.17, 15) is 14.3 Å². The van der Waals surface area contributed by atoms with Crippen LogP contribution in [-0.4, -0.2) is 23.1 Å². The molecule has 0 heterocycles. The molecular formula is C16H15FN2O2. The molecule has 0 aliphatic rings. The summed E-state index contributed by atoms with van der Waals surface area (Å²) in [7, 11) is 0. The summed E-state index contributed by atoms with van der Waals surface area (Å²) >= 11 is 0. The second-order valence-corrected chi connectivity index (χ2v) is 4.43. The number of aliphatic imine (C=N–C) groups is 1. The molecule has 0 unspecified atom stereocenters. The summed E-state index contributed by atoms with van der Waals surface area (Å²) in [6.07, 6.45) is 0. The van der Waals surface area contributed by atoms with E-state index in [2.05, 4.69) is 4.99 Å². The molecule has 21 heavy (non-hydrogen) atoms. The minimum Gasteiger partial charge on any atom is -0.508 e. The van der Waals surface area contributed by atoms with Gasteiger partial charge in [0.25, 0.3) is 0 Å². The number of hydrogen-bond acceptors (Lipinski definition) is 4. The highest BCUT2D eigenvalue weighted by Crippen LogP contribution is 2.18. The predicted molar refractivity (Wildman–Crippen MR) is 80.3 cm³/mol. The van der Waals surface area contributed by atoms with E-state index in [-0.39, 0.29) is 28.5 Å². The van der Waals surface area contributed by atoms with E-state index in [1.165, 1.54) is 42.5 Å². The van der Waals surface area contributed by atoms with Gasteiger partial charge in [0, 0.05) is 23.4 Å². The summed E-state index contributed by atoms with van der Waals surface area (Å²) < 4.78 is 13.4. The second-order valence-electron chi connectivity index (χ2n) is 4.43. The minimum absolute atomic E-state index is 0.0609. The summed E-state index contributed by atoms with van der Waals surface area (Å²) in [6.45, 7) is 2.15. The third kappa shape index (κ3) is 3.25. The van der Waals surface area contributed by atoms with E-state index in [1.54, 1.807) is 6.92 Å². The first-order valence-electron chi connectivity index (χ1n) is 6.46. The van der Waals surface area contributed by atoms with Crippen LogP contribution < -0.4 is 5.73 Å². The topological polar surface area (TPSA) is 75.7 Å². The number of hydrogen-bond donors (Lipinski definition) is 2. The highest BCUT2D eigenvalue weighted by molar-refractivity contribution is 6.52. The maximum Gasteiger partial charge on any atom is 0.211 e. The average Bonchev–Trinajstić information content (AvgIpc) is 2.48. The van der Waals surface area contributed by atoms with Crippen molar-refractivity contribution in [3.63, 3.8) is 0 Å². The van der Waals surface area contributed by atoms with Gasteiger partial charge in [-0.3, -0.25) is 9.79 Å². The number of halogens is 1. The largest absolute Gasteiger partial charge is 0.508 e. The minimum atomic E-state index is -0.485. The van der Waals surface area contributed by atoms with Crippen LogP contribution in [0.1, 0.15) is 22.8 Å². The molecule has 0 fully saturated rings. The Bertz CT molecular complexity index is 694. The molecule has 0 saturated heterocycles. The molecule has 0 aromatic heterocycles. The van der Waals surface area contributed by atoms with E-state index in [0.29, 0.717) is 12.1 Å². The van der Waals surface area contributed by atoms with Crippen LogP contribution in [0.3, 0.4) is 0 Å². The highest BCUT2D eigenvalue weighted by Gasteiger charge is 2.18. The van der Waals surface area contributed by atoms with Gasteiger partial charge in [-0.05, 0) is 49.4 Å². The lowest BCUT2D eigenvalue weighted by Crippen LogP contribution is -2.18. The number of phenolic OH excluding ortho intramolecular Hbond substituents is 1. The molecule has 0 atom stereocenters. The van der Waals surface area contributed by atoms with Crippen molar-refractivity contribution in [2.45, 2.75) is 6.92 Å². The van der Waals surface area contributed by atoms with Crippen molar-refractivity contribution in [3.05, 3.63) is 59.4 Å². The number of rotatable bonds is 4. The lowest BCUT2D eigenvalue weighted by molar-refractivity contribution is 0.106. The van der Waals surface area contributed by atoms with Crippen LogP contribution in [0.4, 0.5) is 10.1 Å². The summed E-state index contributed by atoms with van der Waals surface area (Å²) in [5.74, 6) is -0.790. The summed E-state index contributed by atoms with van der Waals surface area (Å²) in [5, 5.41) is 9.27. The number of aromatic hydroxyl groups is 1. The normalized spacial score (nSPS) is 11.4. The fourth-order valence-electron chi connectivity index (χ4n) is 1.92. The molecule has 0 aliphatic carbocycles. The van der Waals surface area contributed by atoms with Crippen molar-refractivity contribution in [3.8, 4) is 5.75 Å². The number of nitrogens with zero attached hydrogens (tertiary/aromatic N) is 1. The third-order valence-electron chi connectivity index (χ3n) is 2.93. The molecule has 0 spiro atoms. The van der Waals surface area contributed by atoms with Crippen LogP contribution in [0.5, 0.6) is 5.75 Å². The van der Waals surface area contributed by atoms with Gasteiger partial charge in [-0.15, -0.1) is 0 Å². The van der Waals surface area contributed by atoms with Gasteiger partial charge in [-0.1, -0.05) is 0 Å². The predicted octanol–water partition coefficient (Wildman–Crippen LogP) is 2.81. The Balaban J connectivity index is 2.49. The van der Waals surface area contributed by atoms with Crippen LogP contribution >= 0.6 is 0 Å². The number of anilines is 1. The van der Waals surface area contributed by atoms with Crippen molar-refractivity contribution in [1.29, 1.82) is 0 Å². The third-order valence-corrected chi connectivity index (χ3v) is 2.93. The lowest BCUT2D eigenvalue weighted by atomic mass is 9.99. The van der Waals surface area contributed by atoms with E-state index >= 15 is 0 Å². The van der Waals surface area contributed by atoms with E-state index < -0.39 is 5.82 Å². The zero-order chi connectivity index (χ0) is 15.4. The second kappa shape index (κ2) is 6.17. The number of carbonyl (C=O) groups excluding carboxylic acids is 1. The Labute approximate surface area is 121 Å². The zero-order valence-electron chi connectivity index (χ0n) is 11.5. The molecule has 0 amide bonds. The number of ketones is 1. The maximum absolute atomic E-state index is 13.4. The van der Waals surface area contributed by atoms with Gasteiger partial charge in [0.05, 0.1) is 0 Å². The number of benzene rings is 2. The van der Waals surface area contributed by atoms with Crippen LogP contribution in [0.25, 0.3) is 0 Å². The molecule has 0 radical (unpaired) electrons. The van der Waals surface area contributed by atoms with E-state index in [1.807, 2.05) is 0 Å². The molecule has 0 aliphatic heterocycles. The SMILES string of the molecule is CCN=C(C(=O)c1ccc(O)cc1)c1cc(F)ccc1N.